The Balaban J connectivity index is 1.51. The number of benzene rings is 2. The van der Waals surface area contributed by atoms with E-state index >= 15 is 0 Å². The third kappa shape index (κ3) is 5.44. The van der Waals surface area contributed by atoms with Crippen LogP contribution in [-0.4, -0.2) is 10.1 Å². The summed E-state index contributed by atoms with van der Waals surface area (Å²) in [5.74, 6) is 0.779. The van der Waals surface area contributed by atoms with E-state index in [1.54, 1.807) is 6.20 Å². The second kappa shape index (κ2) is 8.65. The van der Waals surface area contributed by atoms with Crippen LogP contribution in [0.1, 0.15) is 11.1 Å². The Bertz CT molecular complexity index is 879. The van der Waals surface area contributed by atoms with Gasteiger partial charge in [0.2, 0.25) is 0 Å². The molecule has 26 heavy (non-hydrogen) atoms. The van der Waals surface area contributed by atoms with Crippen molar-refractivity contribution in [3.05, 3.63) is 83.0 Å². The first-order valence-corrected chi connectivity index (χ1v) is 8.96. The minimum atomic E-state index is 0.543. The van der Waals surface area contributed by atoms with Crippen molar-refractivity contribution in [3.8, 4) is 0 Å². The number of anilines is 3. The van der Waals surface area contributed by atoms with Crippen LogP contribution in [0.25, 0.3) is 0 Å². The molecular weight excluding hydrogens is 364 g/mol. The molecule has 0 saturated heterocycles. The number of aromatic nitrogens is 1. The van der Waals surface area contributed by atoms with Crippen LogP contribution in [0.4, 0.5) is 17.2 Å². The van der Waals surface area contributed by atoms with E-state index in [0.717, 1.165) is 27.8 Å². The molecule has 1 aromatic heterocycles. The summed E-state index contributed by atoms with van der Waals surface area (Å²) >= 11 is 11.2. The number of nitrogens with zero attached hydrogens (tertiary/aromatic N) is 1. The molecule has 0 unspecified atom stereocenters. The molecule has 0 atom stereocenters. The zero-order valence-corrected chi connectivity index (χ0v) is 15.9. The van der Waals surface area contributed by atoms with E-state index in [1.807, 2.05) is 48.5 Å². The summed E-state index contributed by atoms with van der Waals surface area (Å²) in [5, 5.41) is 10.8. The van der Waals surface area contributed by atoms with Crippen molar-refractivity contribution in [3.63, 3.8) is 0 Å². The highest BCUT2D eigenvalue weighted by molar-refractivity contribution is 7.80. The van der Waals surface area contributed by atoms with Crippen LogP contribution in [-0.2, 0) is 6.54 Å². The summed E-state index contributed by atoms with van der Waals surface area (Å²) < 4.78 is 0. The number of thiocarbonyl (C=S) groups is 1. The number of rotatable bonds is 5. The summed E-state index contributed by atoms with van der Waals surface area (Å²) in [6.07, 6.45) is 1.74. The maximum atomic E-state index is 5.88. The molecule has 0 aliphatic rings. The van der Waals surface area contributed by atoms with Gasteiger partial charge in [-0.25, -0.2) is 4.98 Å². The molecule has 132 valence electrons. The van der Waals surface area contributed by atoms with E-state index in [9.17, 15) is 0 Å². The SMILES string of the molecule is Cc1cccc(Nc2ccc(NC(=S)NCc3ccc(Cl)cc3)cn2)c1. The maximum Gasteiger partial charge on any atom is 0.171 e. The summed E-state index contributed by atoms with van der Waals surface area (Å²) in [7, 11) is 0. The van der Waals surface area contributed by atoms with E-state index < -0.39 is 0 Å². The second-order valence-electron chi connectivity index (χ2n) is 5.86. The average molecular weight is 383 g/mol. The Kier molecular flexibility index (Phi) is 6.04. The van der Waals surface area contributed by atoms with E-state index in [-0.39, 0.29) is 0 Å². The van der Waals surface area contributed by atoms with E-state index in [0.29, 0.717) is 11.7 Å². The lowest BCUT2D eigenvalue weighted by molar-refractivity contribution is 0.926. The molecule has 0 saturated carbocycles. The minimum Gasteiger partial charge on any atom is -0.358 e. The fourth-order valence-electron chi connectivity index (χ4n) is 2.37. The summed E-state index contributed by atoms with van der Waals surface area (Å²) in [6, 6.07) is 19.6. The minimum absolute atomic E-state index is 0.543. The molecule has 3 aromatic rings. The fourth-order valence-corrected chi connectivity index (χ4v) is 2.69. The van der Waals surface area contributed by atoms with Crippen molar-refractivity contribution in [1.82, 2.24) is 10.3 Å². The molecule has 0 aliphatic carbocycles. The molecule has 2 aromatic carbocycles. The van der Waals surface area contributed by atoms with Gasteiger partial charge in [0.05, 0.1) is 11.9 Å². The Hall–Kier alpha value is -2.63. The van der Waals surface area contributed by atoms with Crippen LogP contribution in [0.3, 0.4) is 0 Å². The molecule has 0 spiro atoms. The Morgan fingerprint density at radius 3 is 2.54 bits per heavy atom. The molecular formula is C20H19ClN4S. The van der Waals surface area contributed by atoms with Gasteiger partial charge in [-0.15, -0.1) is 0 Å². The molecule has 0 amide bonds. The molecule has 3 N–H and O–H groups in total. The van der Waals surface area contributed by atoms with Gasteiger partial charge in [-0.3, -0.25) is 0 Å². The Labute approximate surface area is 163 Å². The number of pyridine rings is 1. The van der Waals surface area contributed by atoms with E-state index in [2.05, 4.69) is 40.0 Å². The number of aryl methyl sites for hydroxylation is 1. The third-order valence-electron chi connectivity index (χ3n) is 3.68. The van der Waals surface area contributed by atoms with Crippen molar-refractivity contribution < 1.29 is 0 Å². The van der Waals surface area contributed by atoms with Gasteiger partial charge in [0.1, 0.15) is 5.82 Å². The first-order valence-electron chi connectivity index (χ1n) is 8.17. The molecule has 4 nitrogen and oxygen atoms in total. The van der Waals surface area contributed by atoms with Gasteiger partial charge < -0.3 is 16.0 Å². The van der Waals surface area contributed by atoms with Crippen molar-refractivity contribution in [2.24, 2.45) is 0 Å². The average Bonchev–Trinajstić information content (AvgIpc) is 2.63. The third-order valence-corrected chi connectivity index (χ3v) is 4.18. The van der Waals surface area contributed by atoms with Gasteiger partial charge >= 0.3 is 0 Å². The van der Waals surface area contributed by atoms with Crippen molar-refractivity contribution in [1.29, 1.82) is 0 Å². The molecule has 0 aliphatic heterocycles. The quantitative estimate of drug-likeness (QED) is 0.524. The number of hydrogen-bond acceptors (Lipinski definition) is 3. The summed E-state index contributed by atoms with van der Waals surface area (Å²) in [5.41, 5.74) is 4.14. The molecule has 0 radical (unpaired) electrons. The monoisotopic (exact) mass is 382 g/mol. The van der Waals surface area contributed by atoms with Gasteiger partial charge in [0, 0.05) is 17.3 Å². The van der Waals surface area contributed by atoms with E-state index in [4.69, 9.17) is 23.8 Å². The zero-order valence-electron chi connectivity index (χ0n) is 14.3. The van der Waals surface area contributed by atoms with Gasteiger partial charge in [0.25, 0.3) is 0 Å². The predicted octanol–water partition coefficient (Wildman–Crippen LogP) is 5.27. The van der Waals surface area contributed by atoms with Crippen molar-refractivity contribution >= 4 is 46.1 Å². The van der Waals surface area contributed by atoms with Crippen LogP contribution in [0.2, 0.25) is 5.02 Å². The van der Waals surface area contributed by atoms with Gasteiger partial charge in [-0.05, 0) is 66.7 Å². The van der Waals surface area contributed by atoms with Gasteiger partial charge in [-0.1, -0.05) is 35.9 Å². The molecule has 3 rings (SSSR count). The lowest BCUT2D eigenvalue weighted by Crippen LogP contribution is -2.27. The topological polar surface area (TPSA) is 49.0 Å². The molecule has 6 heteroatoms. The number of halogens is 1. The van der Waals surface area contributed by atoms with Crippen LogP contribution < -0.4 is 16.0 Å². The fraction of sp³-hybridized carbons (Fsp3) is 0.100. The lowest BCUT2D eigenvalue weighted by atomic mass is 10.2. The van der Waals surface area contributed by atoms with Crippen molar-refractivity contribution in [2.75, 3.05) is 10.6 Å². The highest BCUT2D eigenvalue weighted by Gasteiger charge is 2.01. The van der Waals surface area contributed by atoms with Gasteiger partial charge in [-0.2, -0.15) is 0 Å². The first kappa shape index (κ1) is 18.2. The normalized spacial score (nSPS) is 10.2. The number of nitrogens with one attached hydrogen (secondary N) is 3. The smallest absolute Gasteiger partial charge is 0.171 e. The van der Waals surface area contributed by atoms with Crippen LogP contribution >= 0.6 is 23.8 Å². The highest BCUT2D eigenvalue weighted by atomic mass is 35.5. The standard InChI is InChI=1S/C20H19ClN4S/c1-14-3-2-4-17(11-14)24-19-10-9-18(13-22-19)25-20(26)23-12-15-5-7-16(21)8-6-15/h2-11,13H,12H2,1H3,(H,22,24)(H2,23,25,26). The zero-order chi connectivity index (χ0) is 18.4. The Morgan fingerprint density at radius 1 is 1.04 bits per heavy atom. The van der Waals surface area contributed by atoms with E-state index in [1.165, 1.54) is 5.56 Å². The second-order valence-corrected chi connectivity index (χ2v) is 6.71. The van der Waals surface area contributed by atoms with Gasteiger partial charge in [0.15, 0.2) is 5.11 Å². The summed E-state index contributed by atoms with van der Waals surface area (Å²) in [4.78, 5) is 4.41. The maximum absolute atomic E-state index is 5.88. The van der Waals surface area contributed by atoms with Crippen LogP contribution in [0.15, 0.2) is 66.9 Å². The summed E-state index contributed by atoms with van der Waals surface area (Å²) in [6.45, 7) is 2.69. The highest BCUT2D eigenvalue weighted by Crippen LogP contribution is 2.17. The molecule has 0 fully saturated rings. The lowest BCUT2D eigenvalue weighted by Gasteiger charge is -2.11. The molecule has 1 heterocycles. The van der Waals surface area contributed by atoms with Crippen molar-refractivity contribution in [2.45, 2.75) is 13.5 Å². The number of hydrogen-bond donors (Lipinski definition) is 3. The first-order chi connectivity index (χ1) is 12.6. The van der Waals surface area contributed by atoms with Crippen LogP contribution in [0.5, 0.6) is 0 Å². The predicted molar refractivity (Wildman–Crippen MR) is 113 cm³/mol. The Morgan fingerprint density at radius 2 is 1.85 bits per heavy atom. The van der Waals surface area contributed by atoms with Crippen LogP contribution in [0, 0.1) is 6.92 Å². The molecule has 0 bridgehead atoms. The largest absolute Gasteiger partial charge is 0.358 e.